The second-order valence-corrected chi connectivity index (χ2v) is 11.0. The lowest BCUT2D eigenvalue weighted by molar-refractivity contribution is -0.0592. The van der Waals surface area contributed by atoms with Gasteiger partial charge in [0, 0.05) is 24.7 Å². The normalized spacial score (nSPS) is 17.9. The van der Waals surface area contributed by atoms with Gasteiger partial charge >= 0.3 is 5.97 Å². The molecule has 2 aliphatic rings. The van der Waals surface area contributed by atoms with E-state index in [1.54, 1.807) is 24.3 Å². The summed E-state index contributed by atoms with van der Waals surface area (Å²) in [5.41, 5.74) is 2.77. The minimum absolute atomic E-state index is 0.0800. The molecular weight excluding hydrogens is 549 g/mol. The smallest absolute Gasteiger partial charge is 0.335 e. The number of carbonyl (C=O) groups is 1. The summed E-state index contributed by atoms with van der Waals surface area (Å²) < 4.78 is 33.8. The Hall–Kier alpha value is -3.66. The summed E-state index contributed by atoms with van der Waals surface area (Å²) in [6.45, 7) is 4.02. The fourth-order valence-corrected chi connectivity index (χ4v) is 5.46. The van der Waals surface area contributed by atoms with Gasteiger partial charge < -0.3 is 23.9 Å². The zero-order chi connectivity index (χ0) is 28.3. The van der Waals surface area contributed by atoms with E-state index in [4.69, 9.17) is 30.8 Å². The van der Waals surface area contributed by atoms with E-state index in [1.165, 1.54) is 12.1 Å². The first-order chi connectivity index (χ1) is 19.9. The van der Waals surface area contributed by atoms with Crippen LogP contribution in [0, 0.1) is 5.82 Å². The van der Waals surface area contributed by atoms with E-state index >= 15 is 0 Å². The van der Waals surface area contributed by atoms with Gasteiger partial charge in [0.15, 0.2) is 11.6 Å². The fraction of sp³-hybridized carbons (Fsp3) is 0.355. The van der Waals surface area contributed by atoms with Crippen LogP contribution in [0.15, 0.2) is 60.7 Å². The summed E-state index contributed by atoms with van der Waals surface area (Å²) in [7, 11) is 0. The van der Waals surface area contributed by atoms with Crippen molar-refractivity contribution in [1.29, 1.82) is 0 Å². The van der Waals surface area contributed by atoms with E-state index in [9.17, 15) is 14.3 Å². The highest BCUT2D eigenvalue weighted by Gasteiger charge is 2.26. The number of rotatable bonds is 10. The summed E-state index contributed by atoms with van der Waals surface area (Å²) in [5.74, 6) is 0.398. The van der Waals surface area contributed by atoms with Crippen molar-refractivity contribution in [2.24, 2.45) is 0 Å². The Morgan fingerprint density at radius 2 is 1.93 bits per heavy atom. The number of piperidine rings is 1. The number of carboxylic acids is 1. The summed E-state index contributed by atoms with van der Waals surface area (Å²) >= 11 is 5.82. The van der Waals surface area contributed by atoms with Gasteiger partial charge in [-0.15, -0.1) is 0 Å². The minimum Gasteiger partial charge on any atom is -0.490 e. The maximum absolute atomic E-state index is 14.0. The van der Waals surface area contributed by atoms with Crippen LogP contribution in [0.3, 0.4) is 0 Å². The van der Waals surface area contributed by atoms with Crippen LogP contribution in [0.25, 0.3) is 11.0 Å². The number of fused-ring (bicyclic) bond motifs is 1. The number of benzene rings is 3. The Morgan fingerprint density at radius 1 is 1.10 bits per heavy atom. The number of aromatic nitrogens is 2. The molecule has 1 aromatic heterocycles. The van der Waals surface area contributed by atoms with Crippen molar-refractivity contribution < 1.29 is 28.5 Å². The highest BCUT2D eigenvalue weighted by molar-refractivity contribution is 6.30. The second-order valence-electron chi connectivity index (χ2n) is 10.5. The van der Waals surface area contributed by atoms with Crippen LogP contribution in [0.5, 0.6) is 11.5 Å². The highest BCUT2D eigenvalue weighted by Crippen LogP contribution is 2.26. The molecule has 3 heterocycles. The van der Waals surface area contributed by atoms with E-state index in [2.05, 4.69) is 9.47 Å². The molecule has 8 nitrogen and oxygen atoms in total. The standard InChI is InChI=1S/C31H31ClFN3O5/c32-22-5-7-29(26(33)16-22)40-19-20-2-1-3-24(14-20)41-23-8-11-35(12-9-23)18-30-34-27-6-4-21(31(37)38)15-28(27)36(30)17-25-10-13-39-25/h1-7,14-16,23,25H,8-13,17-19H2,(H,37,38)/t25-/m0/s1. The van der Waals surface area contributed by atoms with Gasteiger partial charge in [-0.2, -0.15) is 0 Å². The topological polar surface area (TPSA) is 86.0 Å². The molecule has 6 rings (SSSR count). The van der Waals surface area contributed by atoms with Crippen molar-refractivity contribution in [2.75, 3.05) is 19.7 Å². The maximum Gasteiger partial charge on any atom is 0.335 e. The molecule has 2 saturated heterocycles. The molecule has 214 valence electrons. The number of hydrogen-bond donors (Lipinski definition) is 1. The molecule has 0 bridgehead atoms. The van der Waals surface area contributed by atoms with Crippen LogP contribution in [0.1, 0.15) is 41.0 Å². The van der Waals surface area contributed by atoms with Crippen LogP contribution >= 0.6 is 11.6 Å². The molecule has 41 heavy (non-hydrogen) atoms. The Bertz CT molecular complexity index is 1550. The molecule has 2 aliphatic heterocycles. The third kappa shape index (κ3) is 6.48. The first-order valence-corrected chi connectivity index (χ1v) is 14.2. The van der Waals surface area contributed by atoms with Crippen LogP contribution in [-0.4, -0.2) is 57.4 Å². The first-order valence-electron chi connectivity index (χ1n) is 13.8. The van der Waals surface area contributed by atoms with Gasteiger partial charge in [-0.25, -0.2) is 14.2 Å². The van der Waals surface area contributed by atoms with Gasteiger partial charge in [-0.1, -0.05) is 23.7 Å². The Balaban J connectivity index is 1.06. The van der Waals surface area contributed by atoms with Crippen molar-refractivity contribution >= 4 is 28.6 Å². The number of aromatic carboxylic acids is 1. The molecule has 1 N–H and O–H groups in total. The van der Waals surface area contributed by atoms with E-state index in [-0.39, 0.29) is 30.1 Å². The number of halogens is 2. The summed E-state index contributed by atoms with van der Waals surface area (Å²) in [4.78, 5) is 18.8. The predicted octanol–water partition coefficient (Wildman–Crippen LogP) is 5.94. The number of likely N-dealkylation sites (tertiary alicyclic amines) is 1. The molecular formula is C31H31ClFN3O5. The maximum atomic E-state index is 14.0. The molecule has 4 aromatic rings. The highest BCUT2D eigenvalue weighted by atomic mass is 35.5. The van der Waals surface area contributed by atoms with Crippen molar-refractivity contribution in [1.82, 2.24) is 14.5 Å². The molecule has 0 aliphatic carbocycles. The lowest BCUT2D eigenvalue weighted by atomic mass is 10.1. The number of hydrogen-bond acceptors (Lipinski definition) is 6. The summed E-state index contributed by atoms with van der Waals surface area (Å²) in [6.07, 6.45) is 2.94. The molecule has 2 fully saturated rings. The monoisotopic (exact) mass is 579 g/mol. The van der Waals surface area contributed by atoms with Gasteiger partial charge in [0.2, 0.25) is 0 Å². The second kappa shape index (κ2) is 12.1. The summed E-state index contributed by atoms with van der Waals surface area (Å²) in [6, 6.07) is 17.1. The SMILES string of the molecule is O=C(O)c1ccc2nc(CN3CCC(Oc4cccc(COc5ccc(Cl)cc5F)c4)CC3)n(C[C@@H]3CCO3)c2c1. The van der Waals surface area contributed by atoms with Crippen molar-refractivity contribution in [3.8, 4) is 11.5 Å². The largest absolute Gasteiger partial charge is 0.490 e. The third-order valence-corrected chi connectivity index (χ3v) is 7.88. The zero-order valence-electron chi connectivity index (χ0n) is 22.5. The molecule has 0 radical (unpaired) electrons. The molecule has 3 aromatic carbocycles. The first kappa shape index (κ1) is 27.5. The van der Waals surface area contributed by atoms with Gasteiger partial charge in [0.25, 0.3) is 0 Å². The molecule has 1 atom stereocenters. The fourth-order valence-electron chi connectivity index (χ4n) is 5.30. The van der Waals surface area contributed by atoms with Gasteiger partial charge in [0.1, 0.15) is 24.3 Å². The van der Waals surface area contributed by atoms with Crippen molar-refractivity contribution in [2.45, 2.75) is 51.2 Å². The van der Waals surface area contributed by atoms with Crippen LogP contribution in [-0.2, 0) is 24.4 Å². The number of ether oxygens (including phenoxy) is 3. The lowest BCUT2D eigenvalue weighted by Crippen LogP contribution is -2.39. The van der Waals surface area contributed by atoms with Gasteiger partial charge in [-0.05, 0) is 73.4 Å². The van der Waals surface area contributed by atoms with Crippen LogP contribution < -0.4 is 9.47 Å². The van der Waals surface area contributed by atoms with E-state index in [0.717, 1.165) is 67.1 Å². The van der Waals surface area contributed by atoms with Crippen LogP contribution in [0.4, 0.5) is 4.39 Å². The number of nitrogens with zero attached hydrogens (tertiary/aromatic N) is 3. The van der Waals surface area contributed by atoms with Crippen LogP contribution in [0.2, 0.25) is 5.02 Å². The molecule has 0 amide bonds. The zero-order valence-corrected chi connectivity index (χ0v) is 23.2. The molecule has 10 heteroatoms. The van der Waals surface area contributed by atoms with E-state index in [1.807, 2.05) is 24.3 Å². The molecule has 0 spiro atoms. The summed E-state index contributed by atoms with van der Waals surface area (Å²) in [5, 5.41) is 9.81. The average molecular weight is 580 g/mol. The molecule has 0 saturated carbocycles. The number of carboxylic acid groups (broad SMARTS) is 1. The van der Waals surface area contributed by atoms with Crippen molar-refractivity contribution in [3.05, 3.63) is 88.5 Å². The lowest BCUT2D eigenvalue weighted by Gasteiger charge is -2.32. The average Bonchev–Trinajstić information content (AvgIpc) is 3.27. The van der Waals surface area contributed by atoms with E-state index < -0.39 is 11.8 Å². The minimum atomic E-state index is -0.948. The molecule has 0 unspecified atom stereocenters. The third-order valence-electron chi connectivity index (χ3n) is 7.64. The van der Waals surface area contributed by atoms with E-state index in [0.29, 0.717) is 18.1 Å². The predicted molar refractivity (Wildman–Crippen MR) is 152 cm³/mol. The Labute approximate surface area is 242 Å². The quantitative estimate of drug-likeness (QED) is 0.249. The Morgan fingerprint density at radius 3 is 2.66 bits per heavy atom. The number of imidazole rings is 1. The Kier molecular flexibility index (Phi) is 8.09. The van der Waals surface area contributed by atoms with Gasteiger partial charge in [0.05, 0.1) is 35.8 Å². The van der Waals surface area contributed by atoms with Gasteiger partial charge in [-0.3, -0.25) is 4.90 Å². The van der Waals surface area contributed by atoms with Crippen molar-refractivity contribution in [3.63, 3.8) is 0 Å².